The van der Waals surface area contributed by atoms with Gasteiger partial charge in [-0.1, -0.05) is 24.3 Å². The van der Waals surface area contributed by atoms with E-state index in [-0.39, 0.29) is 24.8 Å². The van der Waals surface area contributed by atoms with E-state index in [0.717, 1.165) is 10.5 Å². The Hall–Kier alpha value is -2.17. The topological polar surface area (TPSA) is 66.5 Å². The lowest BCUT2D eigenvalue weighted by atomic mass is 10.0. The number of rotatable bonds is 3. The zero-order valence-corrected chi connectivity index (χ0v) is 9.40. The molecule has 1 fully saturated rings. The number of nitrogens with one attached hydrogen (secondary N) is 1. The van der Waals surface area contributed by atoms with Crippen molar-refractivity contribution in [3.8, 4) is 0 Å². The van der Waals surface area contributed by atoms with Crippen molar-refractivity contribution in [1.29, 1.82) is 0 Å². The van der Waals surface area contributed by atoms with Gasteiger partial charge in [-0.05, 0) is 12.5 Å². The minimum Gasteiger partial charge on any atom is -0.329 e. The Balaban J connectivity index is 2.15. The molecule has 0 aliphatic carbocycles. The van der Waals surface area contributed by atoms with E-state index in [9.17, 15) is 14.4 Å². The molecule has 88 valence electrons. The highest BCUT2D eigenvalue weighted by atomic mass is 16.2. The maximum Gasteiger partial charge on any atom is 0.325 e. The molecule has 0 aromatic heterocycles. The molecule has 1 aromatic carbocycles. The quantitative estimate of drug-likeness (QED) is 0.617. The van der Waals surface area contributed by atoms with Crippen LogP contribution in [0.3, 0.4) is 0 Å². The van der Waals surface area contributed by atoms with Gasteiger partial charge in [0.15, 0.2) is 5.78 Å². The Morgan fingerprint density at radius 3 is 2.65 bits per heavy atom. The molecule has 1 heterocycles. The zero-order valence-electron chi connectivity index (χ0n) is 9.40. The van der Waals surface area contributed by atoms with Crippen molar-refractivity contribution in [2.45, 2.75) is 6.92 Å². The van der Waals surface area contributed by atoms with Gasteiger partial charge in [-0.15, -0.1) is 0 Å². The number of amides is 3. The number of benzene rings is 1. The summed E-state index contributed by atoms with van der Waals surface area (Å²) in [5.41, 5.74) is 1.38. The van der Waals surface area contributed by atoms with Crippen LogP contribution < -0.4 is 5.32 Å². The fourth-order valence-corrected chi connectivity index (χ4v) is 1.73. The van der Waals surface area contributed by atoms with Crippen LogP contribution >= 0.6 is 0 Å². The Bertz CT molecular complexity index is 480. The van der Waals surface area contributed by atoms with Gasteiger partial charge in [0.1, 0.15) is 0 Å². The van der Waals surface area contributed by atoms with E-state index >= 15 is 0 Å². The summed E-state index contributed by atoms with van der Waals surface area (Å²) in [6.45, 7) is 1.59. The molecule has 1 aliphatic rings. The van der Waals surface area contributed by atoms with Crippen molar-refractivity contribution in [3.05, 3.63) is 35.4 Å². The number of ketones is 1. The van der Waals surface area contributed by atoms with E-state index in [2.05, 4.69) is 5.32 Å². The van der Waals surface area contributed by atoms with Gasteiger partial charge >= 0.3 is 6.03 Å². The van der Waals surface area contributed by atoms with Crippen LogP contribution in [-0.4, -0.2) is 35.7 Å². The van der Waals surface area contributed by atoms with Crippen molar-refractivity contribution < 1.29 is 14.4 Å². The fraction of sp³-hybridized carbons (Fsp3) is 0.250. The van der Waals surface area contributed by atoms with Crippen molar-refractivity contribution in [1.82, 2.24) is 10.2 Å². The Morgan fingerprint density at radius 2 is 2.06 bits per heavy atom. The normalized spacial score (nSPS) is 15.0. The molecule has 2 rings (SSSR count). The Morgan fingerprint density at radius 1 is 1.35 bits per heavy atom. The van der Waals surface area contributed by atoms with Crippen LogP contribution in [0.1, 0.15) is 15.9 Å². The number of hydrogen-bond acceptors (Lipinski definition) is 3. The summed E-state index contributed by atoms with van der Waals surface area (Å²) in [7, 11) is 0. The second kappa shape index (κ2) is 4.37. The Labute approximate surface area is 98.4 Å². The van der Waals surface area contributed by atoms with Gasteiger partial charge in [-0.2, -0.15) is 0 Å². The van der Waals surface area contributed by atoms with Gasteiger partial charge in [-0.25, -0.2) is 4.79 Å². The molecule has 1 aliphatic heterocycles. The molecule has 5 nitrogen and oxygen atoms in total. The summed E-state index contributed by atoms with van der Waals surface area (Å²) >= 11 is 0. The van der Waals surface area contributed by atoms with Crippen LogP contribution in [0.4, 0.5) is 4.79 Å². The van der Waals surface area contributed by atoms with E-state index in [4.69, 9.17) is 0 Å². The average molecular weight is 232 g/mol. The van der Waals surface area contributed by atoms with Gasteiger partial charge in [0.05, 0.1) is 13.1 Å². The SMILES string of the molecule is Cc1ccccc1C(=O)CN1C(=O)CNC1=O. The summed E-state index contributed by atoms with van der Waals surface area (Å²) in [6, 6.07) is 6.60. The first kappa shape index (κ1) is 11.3. The molecule has 1 saturated heterocycles. The van der Waals surface area contributed by atoms with Crippen LogP contribution in [0, 0.1) is 6.92 Å². The van der Waals surface area contributed by atoms with Crippen molar-refractivity contribution >= 4 is 17.7 Å². The first-order valence-corrected chi connectivity index (χ1v) is 5.26. The maximum absolute atomic E-state index is 11.9. The third-order valence-corrected chi connectivity index (χ3v) is 2.68. The minimum atomic E-state index is -0.503. The van der Waals surface area contributed by atoms with Crippen LogP contribution in [0.15, 0.2) is 24.3 Å². The maximum atomic E-state index is 11.9. The second-order valence-electron chi connectivity index (χ2n) is 3.88. The molecule has 17 heavy (non-hydrogen) atoms. The summed E-state index contributed by atoms with van der Waals surface area (Å²) in [4.78, 5) is 35.5. The summed E-state index contributed by atoms with van der Waals surface area (Å²) in [6.07, 6.45) is 0. The van der Waals surface area contributed by atoms with Gasteiger partial charge in [0.2, 0.25) is 5.91 Å². The fourth-order valence-electron chi connectivity index (χ4n) is 1.73. The predicted octanol–water partition coefficient (Wildman–Crippen LogP) is 0.730. The lowest BCUT2D eigenvalue weighted by Crippen LogP contribution is -2.35. The molecular formula is C12H12N2O3. The highest BCUT2D eigenvalue weighted by molar-refractivity contribution is 6.08. The van der Waals surface area contributed by atoms with Crippen molar-refractivity contribution in [2.24, 2.45) is 0 Å². The molecule has 0 saturated carbocycles. The van der Waals surface area contributed by atoms with E-state index in [1.165, 1.54) is 0 Å². The zero-order chi connectivity index (χ0) is 12.4. The van der Waals surface area contributed by atoms with Crippen LogP contribution in [-0.2, 0) is 4.79 Å². The summed E-state index contributed by atoms with van der Waals surface area (Å²) in [5.74, 6) is -0.592. The number of urea groups is 1. The highest BCUT2D eigenvalue weighted by Gasteiger charge is 2.30. The van der Waals surface area contributed by atoms with Gasteiger partial charge in [0.25, 0.3) is 0 Å². The number of nitrogens with zero attached hydrogens (tertiary/aromatic N) is 1. The largest absolute Gasteiger partial charge is 0.329 e. The lowest BCUT2D eigenvalue weighted by Gasteiger charge is -2.12. The number of carbonyl (C=O) groups excluding carboxylic acids is 3. The summed E-state index contributed by atoms with van der Waals surface area (Å²) < 4.78 is 0. The number of imide groups is 1. The highest BCUT2D eigenvalue weighted by Crippen LogP contribution is 2.10. The van der Waals surface area contributed by atoms with Crippen LogP contribution in [0.5, 0.6) is 0 Å². The third kappa shape index (κ3) is 2.18. The number of aryl methyl sites for hydroxylation is 1. The standard InChI is InChI=1S/C12H12N2O3/c1-8-4-2-3-5-9(8)10(15)7-14-11(16)6-13-12(14)17/h2-5H,6-7H2,1H3,(H,13,17). The molecule has 0 atom stereocenters. The molecule has 1 aromatic rings. The monoisotopic (exact) mass is 232 g/mol. The molecular weight excluding hydrogens is 220 g/mol. The first-order valence-electron chi connectivity index (χ1n) is 5.26. The number of carbonyl (C=O) groups is 3. The number of Topliss-reactive ketones (excluding diaryl/α,β-unsaturated/α-hetero) is 1. The second-order valence-corrected chi connectivity index (χ2v) is 3.88. The van der Waals surface area contributed by atoms with Crippen molar-refractivity contribution in [2.75, 3.05) is 13.1 Å². The average Bonchev–Trinajstić information content (AvgIpc) is 2.61. The van der Waals surface area contributed by atoms with Gasteiger partial charge in [0, 0.05) is 5.56 Å². The van der Waals surface area contributed by atoms with Crippen molar-refractivity contribution in [3.63, 3.8) is 0 Å². The minimum absolute atomic E-state index is 0.0279. The van der Waals surface area contributed by atoms with Gasteiger partial charge in [-0.3, -0.25) is 14.5 Å². The smallest absolute Gasteiger partial charge is 0.325 e. The molecule has 5 heteroatoms. The molecule has 0 bridgehead atoms. The van der Waals surface area contributed by atoms with Crippen LogP contribution in [0.25, 0.3) is 0 Å². The number of hydrogen-bond donors (Lipinski definition) is 1. The molecule has 0 radical (unpaired) electrons. The van der Waals surface area contributed by atoms with E-state index < -0.39 is 6.03 Å². The summed E-state index contributed by atoms with van der Waals surface area (Å²) in [5, 5.41) is 2.38. The van der Waals surface area contributed by atoms with Gasteiger partial charge < -0.3 is 5.32 Å². The molecule has 1 N–H and O–H groups in total. The molecule has 3 amide bonds. The van der Waals surface area contributed by atoms with E-state index in [1.807, 2.05) is 19.1 Å². The first-order chi connectivity index (χ1) is 8.09. The predicted molar refractivity (Wildman–Crippen MR) is 60.6 cm³/mol. The molecule has 0 unspecified atom stereocenters. The van der Waals surface area contributed by atoms with E-state index in [1.54, 1.807) is 12.1 Å². The lowest BCUT2D eigenvalue weighted by molar-refractivity contribution is -0.124. The Kier molecular flexibility index (Phi) is 2.91. The third-order valence-electron chi connectivity index (χ3n) is 2.68. The van der Waals surface area contributed by atoms with E-state index in [0.29, 0.717) is 5.56 Å². The molecule has 0 spiro atoms. The van der Waals surface area contributed by atoms with Crippen LogP contribution in [0.2, 0.25) is 0 Å².